The third-order valence-electron chi connectivity index (χ3n) is 3.96. The highest BCUT2D eigenvalue weighted by atomic mass is 32.2. The summed E-state index contributed by atoms with van der Waals surface area (Å²) in [4.78, 5) is 19.9. The number of imidazole rings is 1. The van der Waals surface area contributed by atoms with Gasteiger partial charge < -0.3 is 15.0 Å². The number of carbonyl (C=O) groups is 1. The predicted molar refractivity (Wildman–Crippen MR) is 103 cm³/mol. The molecule has 2 aromatic carbocycles. The van der Waals surface area contributed by atoms with E-state index in [2.05, 4.69) is 15.3 Å². The number of nitrogens with zero attached hydrogens (tertiary/aromatic N) is 1. The van der Waals surface area contributed by atoms with Gasteiger partial charge in [0.25, 0.3) is 0 Å². The van der Waals surface area contributed by atoms with Gasteiger partial charge in [-0.2, -0.15) is 0 Å². The Bertz CT molecular complexity index is 905. The summed E-state index contributed by atoms with van der Waals surface area (Å²) in [5.41, 5.74) is 4.88. The van der Waals surface area contributed by atoms with Crippen LogP contribution in [0.1, 0.15) is 18.1 Å². The molecule has 0 bridgehead atoms. The first kappa shape index (κ1) is 17.4. The normalized spacial score (nSPS) is 10.8. The molecule has 6 heteroatoms. The van der Waals surface area contributed by atoms with Gasteiger partial charge in [0.2, 0.25) is 5.91 Å². The van der Waals surface area contributed by atoms with Gasteiger partial charge >= 0.3 is 0 Å². The molecule has 5 nitrogen and oxygen atoms in total. The van der Waals surface area contributed by atoms with Gasteiger partial charge in [-0.25, -0.2) is 4.98 Å². The van der Waals surface area contributed by atoms with Crippen LogP contribution in [0.25, 0.3) is 11.0 Å². The number of aromatic amines is 1. The number of nitrogens with one attached hydrogen (secondary N) is 2. The van der Waals surface area contributed by atoms with Crippen molar-refractivity contribution in [1.29, 1.82) is 0 Å². The van der Waals surface area contributed by atoms with Crippen LogP contribution in [-0.4, -0.2) is 28.2 Å². The Morgan fingerprint density at radius 2 is 2.12 bits per heavy atom. The zero-order chi connectivity index (χ0) is 17.8. The number of amides is 1. The number of hydrogen-bond acceptors (Lipinski definition) is 4. The van der Waals surface area contributed by atoms with Crippen molar-refractivity contribution in [2.24, 2.45) is 0 Å². The zero-order valence-corrected chi connectivity index (χ0v) is 15.4. The van der Waals surface area contributed by atoms with E-state index >= 15 is 0 Å². The Labute approximate surface area is 151 Å². The molecule has 0 aliphatic carbocycles. The minimum absolute atomic E-state index is 0.0471. The maximum Gasteiger partial charge on any atom is 0.234 e. The molecule has 3 aromatic rings. The van der Waals surface area contributed by atoms with Crippen LogP contribution in [0.5, 0.6) is 5.75 Å². The van der Waals surface area contributed by atoms with Gasteiger partial charge in [0.15, 0.2) is 5.16 Å². The van der Waals surface area contributed by atoms with Crippen molar-refractivity contribution in [1.82, 2.24) is 9.97 Å². The highest BCUT2D eigenvalue weighted by Crippen LogP contribution is 2.24. The second-order valence-electron chi connectivity index (χ2n) is 5.74. The molecule has 0 radical (unpaired) electrons. The van der Waals surface area contributed by atoms with Crippen LogP contribution < -0.4 is 10.1 Å². The Kier molecular flexibility index (Phi) is 5.28. The Morgan fingerprint density at radius 1 is 1.28 bits per heavy atom. The van der Waals surface area contributed by atoms with Crippen LogP contribution in [0.2, 0.25) is 0 Å². The van der Waals surface area contributed by atoms with E-state index in [1.165, 1.54) is 11.8 Å². The summed E-state index contributed by atoms with van der Waals surface area (Å²) in [5, 5.41) is 3.68. The number of hydrogen-bond donors (Lipinski definition) is 2. The lowest BCUT2D eigenvalue weighted by Gasteiger charge is -2.09. The number of aromatic nitrogens is 2. The van der Waals surface area contributed by atoms with Crippen molar-refractivity contribution < 1.29 is 9.53 Å². The summed E-state index contributed by atoms with van der Waals surface area (Å²) in [6.07, 6.45) is 0. The number of ether oxygens (including phenoxy) is 1. The number of aryl methyl sites for hydroxylation is 1. The van der Waals surface area contributed by atoms with Crippen LogP contribution in [0.15, 0.2) is 41.6 Å². The van der Waals surface area contributed by atoms with E-state index in [9.17, 15) is 4.79 Å². The van der Waals surface area contributed by atoms with Crippen LogP contribution in [0, 0.1) is 13.8 Å². The number of rotatable bonds is 6. The number of thioether (sulfide) groups is 1. The summed E-state index contributed by atoms with van der Waals surface area (Å²) in [6.45, 7) is 6.62. The maximum atomic E-state index is 12.2. The van der Waals surface area contributed by atoms with Crippen molar-refractivity contribution in [3.8, 4) is 5.75 Å². The van der Waals surface area contributed by atoms with E-state index in [-0.39, 0.29) is 5.91 Å². The summed E-state index contributed by atoms with van der Waals surface area (Å²) in [7, 11) is 0. The second kappa shape index (κ2) is 7.61. The van der Waals surface area contributed by atoms with E-state index < -0.39 is 0 Å². The Morgan fingerprint density at radius 3 is 2.92 bits per heavy atom. The summed E-state index contributed by atoms with van der Waals surface area (Å²) in [6, 6.07) is 11.6. The third-order valence-corrected chi connectivity index (χ3v) is 4.83. The molecule has 25 heavy (non-hydrogen) atoms. The molecule has 1 aromatic heterocycles. The lowest BCUT2D eigenvalue weighted by atomic mass is 10.1. The lowest BCUT2D eigenvalue weighted by molar-refractivity contribution is -0.113. The van der Waals surface area contributed by atoms with E-state index in [1.54, 1.807) is 0 Å². The fraction of sp³-hybridized carbons (Fsp3) is 0.263. The van der Waals surface area contributed by atoms with Crippen LogP contribution in [0.3, 0.4) is 0 Å². The van der Waals surface area contributed by atoms with E-state index in [0.717, 1.165) is 38.8 Å². The number of H-pyrrole nitrogens is 1. The summed E-state index contributed by atoms with van der Waals surface area (Å²) >= 11 is 1.38. The minimum Gasteiger partial charge on any atom is -0.494 e. The van der Waals surface area contributed by atoms with Gasteiger partial charge in [0, 0.05) is 11.8 Å². The van der Waals surface area contributed by atoms with Gasteiger partial charge in [-0.05, 0) is 50.1 Å². The highest BCUT2D eigenvalue weighted by molar-refractivity contribution is 7.99. The molecular weight excluding hydrogens is 334 g/mol. The molecule has 2 N–H and O–H groups in total. The molecular formula is C19H21N3O2S. The standard InChI is InChI=1S/C19H21N3O2S/c1-4-24-14-8-9-16-17(10-14)22-19(21-16)25-11-18(23)20-15-7-5-6-12(2)13(15)3/h5-10H,4,11H2,1-3H3,(H,20,23)(H,21,22). The fourth-order valence-electron chi connectivity index (χ4n) is 2.50. The number of benzene rings is 2. The zero-order valence-electron chi connectivity index (χ0n) is 14.6. The molecule has 0 unspecified atom stereocenters. The molecule has 1 amide bonds. The molecule has 0 aliphatic rings. The van der Waals surface area contributed by atoms with Crippen LogP contribution in [-0.2, 0) is 4.79 Å². The van der Waals surface area contributed by atoms with Gasteiger partial charge in [-0.15, -0.1) is 0 Å². The van der Waals surface area contributed by atoms with E-state index in [1.807, 2.05) is 57.2 Å². The first-order chi connectivity index (χ1) is 12.1. The monoisotopic (exact) mass is 355 g/mol. The van der Waals surface area contributed by atoms with Crippen LogP contribution >= 0.6 is 11.8 Å². The average Bonchev–Trinajstić information content (AvgIpc) is 3.00. The van der Waals surface area contributed by atoms with Crippen molar-refractivity contribution in [3.63, 3.8) is 0 Å². The van der Waals surface area contributed by atoms with E-state index in [0.29, 0.717) is 12.4 Å². The van der Waals surface area contributed by atoms with E-state index in [4.69, 9.17) is 4.74 Å². The minimum atomic E-state index is -0.0471. The molecule has 0 saturated heterocycles. The first-order valence-corrected chi connectivity index (χ1v) is 9.17. The van der Waals surface area contributed by atoms with Crippen molar-refractivity contribution in [2.45, 2.75) is 25.9 Å². The second-order valence-corrected chi connectivity index (χ2v) is 6.70. The summed E-state index contributed by atoms with van der Waals surface area (Å²) < 4.78 is 5.49. The Balaban J connectivity index is 1.63. The lowest BCUT2D eigenvalue weighted by Crippen LogP contribution is -2.15. The van der Waals surface area contributed by atoms with Crippen molar-refractivity contribution in [3.05, 3.63) is 47.5 Å². The fourth-order valence-corrected chi connectivity index (χ4v) is 3.18. The maximum absolute atomic E-state index is 12.2. The number of fused-ring (bicyclic) bond motifs is 1. The topological polar surface area (TPSA) is 67.0 Å². The van der Waals surface area contributed by atoms with Crippen molar-refractivity contribution >= 4 is 34.4 Å². The van der Waals surface area contributed by atoms with Crippen LogP contribution in [0.4, 0.5) is 5.69 Å². The van der Waals surface area contributed by atoms with Gasteiger partial charge in [-0.1, -0.05) is 23.9 Å². The van der Waals surface area contributed by atoms with Gasteiger partial charge in [0.1, 0.15) is 5.75 Å². The number of carbonyl (C=O) groups excluding carboxylic acids is 1. The van der Waals surface area contributed by atoms with Crippen molar-refractivity contribution in [2.75, 3.05) is 17.7 Å². The molecule has 0 saturated carbocycles. The quantitative estimate of drug-likeness (QED) is 0.647. The molecule has 130 valence electrons. The van der Waals surface area contributed by atoms with Gasteiger partial charge in [0.05, 0.1) is 23.4 Å². The first-order valence-electron chi connectivity index (χ1n) is 8.18. The van der Waals surface area contributed by atoms with Gasteiger partial charge in [-0.3, -0.25) is 4.79 Å². The molecule has 0 atom stereocenters. The highest BCUT2D eigenvalue weighted by Gasteiger charge is 2.10. The number of anilines is 1. The smallest absolute Gasteiger partial charge is 0.234 e. The molecule has 0 aliphatic heterocycles. The Hall–Kier alpha value is -2.47. The molecule has 3 rings (SSSR count). The largest absolute Gasteiger partial charge is 0.494 e. The average molecular weight is 355 g/mol. The SMILES string of the molecule is CCOc1ccc2nc(SCC(=O)Nc3cccc(C)c3C)[nH]c2c1. The molecule has 0 spiro atoms. The molecule has 0 fully saturated rings. The summed E-state index contributed by atoms with van der Waals surface area (Å²) in [5.74, 6) is 1.06. The predicted octanol–water partition coefficient (Wildman–Crippen LogP) is 4.31. The third kappa shape index (κ3) is 4.14. The molecule has 1 heterocycles.